The minimum absolute atomic E-state index is 0.571. The first-order valence-electron chi connectivity index (χ1n) is 6.38. The quantitative estimate of drug-likeness (QED) is 0.809. The number of ether oxygens (including phenoxy) is 1. The van der Waals surface area contributed by atoms with Gasteiger partial charge in [0, 0.05) is 43.1 Å². The lowest BCUT2D eigenvalue weighted by Gasteiger charge is -2.24. The predicted octanol–water partition coefficient (Wildman–Crippen LogP) is 0.967. The van der Waals surface area contributed by atoms with Crippen molar-refractivity contribution in [3.63, 3.8) is 0 Å². The van der Waals surface area contributed by atoms with Crippen molar-refractivity contribution in [2.75, 3.05) is 38.2 Å². The van der Waals surface area contributed by atoms with Crippen molar-refractivity contribution in [1.82, 2.24) is 4.98 Å². The average Bonchev–Trinajstić information content (AvgIpc) is 2.46. The van der Waals surface area contributed by atoms with Crippen LogP contribution in [0.4, 0.5) is 5.82 Å². The fourth-order valence-electron chi connectivity index (χ4n) is 2.23. The third-order valence-corrected chi connectivity index (χ3v) is 3.06. The van der Waals surface area contributed by atoms with Gasteiger partial charge in [-0.05, 0) is 12.1 Å². The molecule has 0 aliphatic carbocycles. The number of nitrogens with zero attached hydrogens (tertiary/aromatic N) is 2. The maximum absolute atomic E-state index is 5.66. The lowest BCUT2D eigenvalue weighted by Crippen LogP contribution is -2.34. The van der Waals surface area contributed by atoms with E-state index >= 15 is 0 Å². The van der Waals surface area contributed by atoms with E-state index in [-0.39, 0.29) is 0 Å². The van der Waals surface area contributed by atoms with E-state index in [4.69, 9.17) is 16.2 Å². The lowest BCUT2D eigenvalue weighted by atomic mass is 10.1. The Morgan fingerprint density at radius 3 is 2.47 bits per heavy atom. The summed E-state index contributed by atoms with van der Waals surface area (Å²) < 4.78 is 5.39. The van der Waals surface area contributed by atoms with Crippen molar-refractivity contribution >= 4 is 16.6 Å². The van der Waals surface area contributed by atoms with Crippen molar-refractivity contribution in [1.29, 1.82) is 0 Å². The van der Waals surface area contributed by atoms with Crippen molar-refractivity contribution in [3.05, 3.63) is 30.5 Å². The Morgan fingerprint density at radius 1 is 1.11 bits per heavy atom. The normalized spacial score (nSPS) is 10.7. The van der Waals surface area contributed by atoms with Crippen LogP contribution in [0.5, 0.6) is 5.75 Å². The minimum atomic E-state index is 0.571. The summed E-state index contributed by atoms with van der Waals surface area (Å²) in [7, 11) is 1.67. The standard InChI is InChI=1S/C14H20N4O/c1-19-13-4-2-3-12-11(13)5-8-17-14(12)18(9-6-15)10-7-16/h2-5,8H,6-7,9-10,15-16H2,1H3. The van der Waals surface area contributed by atoms with Crippen LogP contribution >= 0.6 is 0 Å². The first kappa shape index (κ1) is 13.6. The molecular weight excluding hydrogens is 240 g/mol. The van der Waals surface area contributed by atoms with Crippen LogP contribution < -0.4 is 21.1 Å². The second-order valence-electron chi connectivity index (χ2n) is 4.25. The van der Waals surface area contributed by atoms with Gasteiger partial charge in [0.2, 0.25) is 0 Å². The minimum Gasteiger partial charge on any atom is -0.496 e. The summed E-state index contributed by atoms with van der Waals surface area (Å²) in [6.45, 7) is 2.62. The van der Waals surface area contributed by atoms with E-state index in [1.54, 1.807) is 13.3 Å². The Kier molecular flexibility index (Phi) is 4.54. The number of pyridine rings is 1. The molecule has 0 fully saturated rings. The average molecular weight is 260 g/mol. The third kappa shape index (κ3) is 2.77. The molecule has 0 bridgehead atoms. The van der Waals surface area contributed by atoms with Gasteiger partial charge in [-0.1, -0.05) is 12.1 Å². The summed E-state index contributed by atoms with van der Waals surface area (Å²) in [5, 5.41) is 2.11. The Bertz CT molecular complexity index is 538. The van der Waals surface area contributed by atoms with Crippen LogP contribution in [0.25, 0.3) is 10.8 Å². The van der Waals surface area contributed by atoms with E-state index in [1.165, 1.54) is 0 Å². The zero-order chi connectivity index (χ0) is 13.7. The fraction of sp³-hybridized carbons (Fsp3) is 0.357. The number of benzene rings is 1. The molecule has 0 unspecified atom stereocenters. The molecule has 4 N–H and O–H groups in total. The number of fused-ring (bicyclic) bond motifs is 1. The highest BCUT2D eigenvalue weighted by molar-refractivity contribution is 5.96. The van der Waals surface area contributed by atoms with Crippen LogP contribution in [-0.2, 0) is 0 Å². The van der Waals surface area contributed by atoms with Crippen molar-refractivity contribution in [3.8, 4) is 5.75 Å². The van der Waals surface area contributed by atoms with Gasteiger partial charge in [-0.25, -0.2) is 4.98 Å². The van der Waals surface area contributed by atoms with Crippen molar-refractivity contribution in [2.24, 2.45) is 11.5 Å². The molecule has 0 spiro atoms. The zero-order valence-corrected chi connectivity index (χ0v) is 11.2. The number of aromatic nitrogens is 1. The Labute approximate surface area is 113 Å². The molecule has 0 atom stereocenters. The Hall–Kier alpha value is -1.85. The first-order chi connectivity index (χ1) is 9.31. The number of rotatable bonds is 6. The second kappa shape index (κ2) is 6.36. The van der Waals surface area contributed by atoms with Gasteiger partial charge in [0.25, 0.3) is 0 Å². The van der Waals surface area contributed by atoms with Gasteiger partial charge in [0.05, 0.1) is 7.11 Å². The van der Waals surface area contributed by atoms with E-state index in [1.807, 2.05) is 24.3 Å². The molecule has 5 nitrogen and oxygen atoms in total. The molecular formula is C14H20N4O. The predicted molar refractivity (Wildman–Crippen MR) is 78.6 cm³/mol. The summed E-state index contributed by atoms with van der Waals surface area (Å²) in [6, 6.07) is 7.92. The molecule has 0 saturated heterocycles. The molecule has 2 aromatic rings. The maximum atomic E-state index is 5.66. The highest BCUT2D eigenvalue weighted by Crippen LogP contribution is 2.30. The molecule has 19 heavy (non-hydrogen) atoms. The number of nitrogens with two attached hydrogens (primary N) is 2. The van der Waals surface area contributed by atoms with Crippen molar-refractivity contribution in [2.45, 2.75) is 0 Å². The van der Waals surface area contributed by atoms with Crippen LogP contribution in [0.3, 0.4) is 0 Å². The van der Waals surface area contributed by atoms with Gasteiger partial charge in [-0.3, -0.25) is 0 Å². The molecule has 1 heterocycles. The van der Waals surface area contributed by atoms with Crippen LogP contribution in [0.15, 0.2) is 30.5 Å². The fourth-order valence-corrected chi connectivity index (χ4v) is 2.23. The molecule has 0 aliphatic rings. The van der Waals surface area contributed by atoms with Gasteiger partial charge in [0.15, 0.2) is 0 Å². The van der Waals surface area contributed by atoms with Crippen LogP contribution in [0.2, 0.25) is 0 Å². The maximum Gasteiger partial charge on any atom is 0.136 e. The highest BCUT2D eigenvalue weighted by Gasteiger charge is 2.12. The van der Waals surface area contributed by atoms with Crippen molar-refractivity contribution < 1.29 is 4.74 Å². The topological polar surface area (TPSA) is 77.4 Å². The summed E-state index contributed by atoms with van der Waals surface area (Å²) in [5.74, 6) is 1.76. The van der Waals surface area contributed by atoms with E-state index in [2.05, 4.69) is 9.88 Å². The number of anilines is 1. The van der Waals surface area contributed by atoms with Crippen LogP contribution in [0, 0.1) is 0 Å². The number of hydrogen-bond acceptors (Lipinski definition) is 5. The summed E-state index contributed by atoms with van der Waals surface area (Å²) in [5.41, 5.74) is 11.3. The van der Waals surface area contributed by atoms with Crippen LogP contribution in [0.1, 0.15) is 0 Å². The van der Waals surface area contributed by atoms with Gasteiger partial charge in [0.1, 0.15) is 11.6 Å². The van der Waals surface area contributed by atoms with E-state index in [9.17, 15) is 0 Å². The number of methoxy groups -OCH3 is 1. The Morgan fingerprint density at radius 2 is 1.84 bits per heavy atom. The van der Waals surface area contributed by atoms with Gasteiger partial charge in [-0.15, -0.1) is 0 Å². The Balaban J connectivity index is 2.53. The molecule has 0 saturated carbocycles. The van der Waals surface area contributed by atoms with Crippen LogP contribution in [-0.4, -0.2) is 38.3 Å². The molecule has 1 aromatic carbocycles. The van der Waals surface area contributed by atoms with E-state index < -0.39 is 0 Å². The monoisotopic (exact) mass is 260 g/mol. The molecule has 1 aromatic heterocycles. The zero-order valence-electron chi connectivity index (χ0n) is 11.2. The summed E-state index contributed by atoms with van der Waals surface area (Å²) in [4.78, 5) is 6.59. The van der Waals surface area contributed by atoms with Gasteiger partial charge >= 0.3 is 0 Å². The highest BCUT2D eigenvalue weighted by atomic mass is 16.5. The van der Waals surface area contributed by atoms with Gasteiger partial charge < -0.3 is 21.1 Å². The molecule has 0 radical (unpaired) electrons. The first-order valence-corrected chi connectivity index (χ1v) is 6.38. The molecule has 0 aliphatic heterocycles. The second-order valence-corrected chi connectivity index (χ2v) is 4.25. The van der Waals surface area contributed by atoms with Gasteiger partial charge in [-0.2, -0.15) is 0 Å². The molecule has 102 valence electrons. The largest absolute Gasteiger partial charge is 0.496 e. The van der Waals surface area contributed by atoms with E-state index in [0.717, 1.165) is 35.4 Å². The smallest absolute Gasteiger partial charge is 0.136 e. The summed E-state index contributed by atoms with van der Waals surface area (Å²) in [6.07, 6.45) is 1.79. The SMILES string of the molecule is COc1cccc2c(N(CCN)CCN)nccc12. The number of hydrogen-bond donors (Lipinski definition) is 2. The molecule has 0 amide bonds. The molecule has 5 heteroatoms. The molecule has 2 rings (SSSR count). The lowest BCUT2D eigenvalue weighted by molar-refractivity contribution is 0.420. The van der Waals surface area contributed by atoms with E-state index in [0.29, 0.717) is 13.1 Å². The third-order valence-electron chi connectivity index (χ3n) is 3.06. The summed E-state index contributed by atoms with van der Waals surface area (Å²) >= 11 is 0.